The van der Waals surface area contributed by atoms with Crippen molar-refractivity contribution < 1.29 is 24.3 Å². The highest BCUT2D eigenvalue weighted by Gasteiger charge is 2.42. The van der Waals surface area contributed by atoms with Gasteiger partial charge in [0.05, 0.1) is 12.1 Å². The second-order valence-corrected chi connectivity index (χ2v) is 3.95. The van der Waals surface area contributed by atoms with Crippen molar-refractivity contribution >= 4 is 29.5 Å². The molecule has 0 saturated carbocycles. The van der Waals surface area contributed by atoms with E-state index in [4.69, 9.17) is 5.11 Å². The number of carboxylic acids is 1. The number of rotatable bonds is 3. The third-order valence-electron chi connectivity index (χ3n) is 2.66. The molecule has 1 aliphatic heterocycles. The van der Waals surface area contributed by atoms with Gasteiger partial charge in [-0.3, -0.25) is 19.7 Å². The van der Waals surface area contributed by atoms with Crippen molar-refractivity contribution in [2.75, 3.05) is 4.90 Å². The number of nitrogens with one attached hydrogen (secondary N) is 1. The van der Waals surface area contributed by atoms with Crippen molar-refractivity contribution in [3.63, 3.8) is 0 Å². The summed E-state index contributed by atoms with van der Waals surface area (Å²) >= 11 is 0. The normalized spacial score (nSPS) is 19.3. The van der Waals surface area contributed by atoms with Crippen LogP contribution in [0.25, 0.3) is 0 Å². The number of amides is 4. The lowest BCUT2D eigenvalue weighted by molar-refractivity contribution is -0.145. The molecule has 98 valence electrons. The predicted octanol–water partition coefficient (Wildman–Crippen LogP) is 0.360. The molecule has 4 amide bonds. The minimum atomic E-state index is -1.39. The van der Waals surface area contributed by atoms with Gasteiger partial charge in [-0.1, -0.05) is 18.2 Å². The van der Waals surface area contributed by atoms with Crippen molar-refractivity contribution in [3.8, 4) is 0 Å². The second-order valence-electron chi connectivity index (χ2n) is 3.95. The van der Waals surface area contributed by atoms with Gasteiger partial charge in [0.25, 0.3) is 0 Å². The minimum Gasteiger partial charge on any atom is -0.481 e. The van der Waals surface area contributed by atoms with Crippen LogP contribution in [0.3, 0.4) is 0 Å². The van der Waals surface area contributed by atoms with E-state index in [0.29, 0.717) is 0 Å². The Morgan fingerprint density at radius 2 is 1.84 bits per heavy atom. The Morgan fingerprint density at radius 3 is 2.42 bits per heavy atom. The predicted molar refractivity (Wildman–Crippen MR) is 63.2 cm³/mol. The standard InChI is InChI=1S/C12H10N2O5/c15-9(16)6-8-10(17)13-12(19)14(11(8)18)7-4-2-1-3-5-7/h1-5,8H,6H2,(H,15,16)(H,13,17,19). The van der Waals surface area contributed by atoms with Gasteiger partial charge < -0.3 is 5.11 Å². The number of carbonyl (C=O) groups excluding carboxylic acids is 3. The van der Waals surface area contributed by atoms with E-state index in [0.717, 1.165) is 4.90 Å². The quantitative estimate of drug-likeness (QED) is 0.765. The zero-order valence-corrected chi connectivity index (χ0v) is 9.70. The number of hydrogen-bond donors (Lipinski definition) is 2. The molecule has 0 aliphatic carbocycles. The van der Waals surface area contributed by atoms with Gasteiger partial charge in [-0.15, -0.1) is 0 Å². The average Bonchev–Trinajstić information content (AvgIpc) is 2.35. The fraction of sp³-hybridized carbons (Fsp3) is 0.167. The summed E-state index contributed by atoms with van der Waals surface area (Å²) in [5.74, 6) is -4.39. The van der Waals surface area contributed by atoms with Crippen LogP contribution >= 0.6 is 0 Å². The van der Waals surface area contributed by atoms with Crippen molar-refractivity contribution in [1.82, 2.24) is 5.32 Å². The molecule has 2 rings (SSSR count). The molecular weight excluding hydrogens is 252 g/mol. The molecule has 0 aromatic heterocycles. The number of hydrogen-bond acceptors (Lipinski definition) is 4. The average molecular weight is 262 g/mol. The van der Waals surface area contributed by atoms with Gasteiger partial charge in [-0.25, -0.2) is 9.69 Å². The number of carbonyl (C=O) groups is 4. The van der Waals surface area contributed by atoms with E-state index in [1.807, 2.05) is 5.32 Å². The SMILES string of the molecule is O=C(O)CC1C(=O)NC(=O)N(c2ccccc2)C1=O. The van der Waals surface area contributed by atoms with Crippen molar-refractivity contribution in [1.29, 1.82) is 0 Å². The summed E-state index contributed by atoms with van der Waals surface area (Å²) in [6.07, 6.45) is -0.652. The maximum absolute atomic E-state index is 12.1. The van der Waals surface area contributed by atoms with E-state index >= 15 is 0 Å². The minimum absolute atomic E-state index is 0.285. The molecule has 0 spiro atoms. The number of aliphatic carboxylic acids is 1. The molecule has 1 unspecified atom stereocenters. The van der Waals surface area contributed by atoms with E-state index in [2.05, 4.69) is 0 Å². The molecule has 0 radical (unpaired) electrons. The molecular formula is C12H10N2O5. The first-order valence-electron chi connectivity index (χ1n) is 5.46. The maximum atomic E-state index is 12.1. The zero-order valence-electron chi connectivity index (χ0n) is 9.70. The van der Waals surface area contributed by atoms with Crippen molar-refractivity contribution in [2.45, 2.75) is 6.42 Å². The van der Waals surface area contributed by atoms with Gasteiger partial charge in [0, 0.05) is 0 Å². The van der Waals surface area contributed by atoms with Gasteiger partial charge in [-0.05, 0) is 12.1 Å². The highest BCUT2D eigenvalue weighted by atomic mass is 16.4. The highest BCUT2D eigenvalue weighted by molar-refractivity contribution is 6.28. The van der Waals surface area contributed by atoms with E-state index in [1.165, 1.54) is 12.1 Å². The van der Waals surface area contributed by atoms with Gasteiger partial charge >= 0.3 is 12.0 Å². The Labute approximate surface area is 107 Å². The molecule has 7 heteroatoms. The third-order valence-corrected chi connectivity index (χ3v) is 2.66. The first-order valence-corrected chi connectivity index (χ1v) is 5.46. The van der Waals surface area contributed by atoms with Crippen molar-refractivity contribution in [3.05, 3.63) is 30.3 Å². The molecule has 7 nitrogen and oxygen atoms in total. The lowest BCUT2D eigenvalue weighted by Gasteiger charge is -2.29. The van der Waals surface area contributed by atoms with Gasteiger partial charge in [0.2, 0.25) is 11.8 Å². The largest absolute Gasteiger partial charge is 0.481 e. The first kappa shape index (κ1) is 12.7. The number of benzene rings is 1. The first-order chi connectivity index (χ1) is 9.00. The third kappa shape index (κ3) is 2.44. The molecule has 1 aliphatic rings. The fourth-order valence-corrected chi connectivity index (χ4v) is 1.79. The van der Waals surface area contributed by atoms with Crippen LogP contribution in [-0.2, 0) is 14.4 Å². The zero-order chi connectivity index (χ0) is 14.0. The van der Waals surface area contributed by atoms with Gasteiger partial charge in [-0.2, -0.15) is 0 Å². The smallest absolute Gasteiger partial charge is 0.335 e. The van der Waals surface area contributed by atoms with E-state index < -0.39 is 36.2 Å². The molecule has 0 bridgehead atoms. The number of barbiturate groups is 1. The summed E-state index contributed by atoms with van der Waals surface area (Å²) in [4.78, 5) is 46.6. The summed E-state index contributed by atoms with van der Waals surface area (Å²) < 4.78 is 0. The molecule has 1 aromatic carbocycles. The highest BCUT2D eigenvalue weighted by Crippen LogP contribution is 2.21. The molecule has 2 N–H and O–H groups in total. The number of imide groups is 2. The van der Waals surface area contributed by atoms with Crippen molar-refractivity contribution in [2.24, 2.45) is 5.92 Å². The summed E-state index contributed by atoms with van der Waals surface area (Å²) in [5, 5.41) is 10.7. The fourth-order valence-electron chi connectivity index (χ4n) is 1.79. The van der Waals surface area contributed by atoms with E-state index in [-0.39, 0.29) is 5.69 Å². The Kier molecular flexibility index (Phi) is 3.28. The lowest BCUT2D eigenvalue weighted by Crippen LogP contribution is -2.58. The summed E-state index contributed by atoms with van der Waals surface area (Å²) in [5.41, 5.74) is 0.285. The summed E-state index contributed by atoms with van der Waals surface area (Å²) in [6.45, 7) is 0. The van der Waals surface area contributed by atoms with Crippen LogP contribution in [0.5, 0.6) is 0 Å². The van der Waals surface area contributed by atoms with Crippen LogP contribution in [0.4, 0.5) is 10.5 Å². The van der Waals surface area contributed by atoms with E-state index in [9.17, 15) is 19.2 Å². The van der Waals surface area contributed by atoms with Gasteiger partial charge in [0.1, 0.15) is 5.92 Å². The Morgan fingerprint density at radius 1 is 1.21 bits per heavy atom. The Balaban J connectivity index is 2.33. The van der Waals surface area contributed by atoms with Gasteiger partial charge in [0.15, 0.2) is 0 Å². The summed E-state index contributed by atoms with van der Waals surface area (Å²) in [7, 11) is 0. The van der Waals surface area contributed by atoms with Crippen LogP contribution in [0.15, 0.2) is 30.3 Å². The molecule has 1 aromatic rings. The van der Waals surface area contributed by atoms with Crippen LogP contribution in [0, 0.1) is 5.92 Å². The van der Waals surface area contributed by atoms with Crippen LogP contribution < -0.4 is 10.2 Å². The molecule has 19 heavy (non-hydrogen) atoms. The van der Waals surface area contributed by atoms with Crippen LogP contribution in [0.1, 0.15) is 6.42 Å². The number of anilines is 1. The maximum Gasteiger partial charge on any atom is 0.335 e. The topological polar surface area (TPSA) is 104 Å². The number of para-hydroxylation sites is 1. The summed E-state index contributed by atoms with van der Waals surface area (Å²) in [6, 6.07) is 7.12. The Hall–Kier alpha value is -2.70. The van der Waals surface area contributed by atoms with Crippen LogP contribution in [0.2, 0.25) is 0 Å². The molecule has 1 atom stereocenters. The number of nitrogens with zero attached hydrogens (tertiary/aromatic N) is 1. The second kappa shape index (κ2) is 4.89. The van der Waals surface area contributed by atoms with Crippen LogP contribution in [-0.4, -0.2) is 28.9 Å². The Bertz CT molecular complexity index is 554. The molecule has 1 saturated heterocycles. The lowest BCUT2D eigenvalue weighted by atomic mass is 10.0. The van der Waals surface area contributed by atoms with E-state index in [1.54, 1.807) is 18.2 Å². The monoisotopic (exact) mass is 262 g/mol. The molecule has 1 fully saturated rings. The molecule has 1 heterocycles. The number of carboxylic acid groups (broad SMARTS) is 1. The number of urea groups is 1.